The van der Waals surface area contributed by atoms with Crippen LogP contribution in [0, 0.1) is 0 Å². The number of para-hydroxylation sites is 4. The van der Waals surface area contributed by atoms with E-state index in [2.05, 4.69) is 243 Å². The summed E-state index contributed by atoms with van der Waals surface area (Å²) >= 11 is 0. The normalized spacial score (nSPS) is 13.9. The summed E-state index contributed by atoms with van der Waals surface area (Å²) in [6.45, 7) is 9.87. The van der Waals surface area contributed by atoms with Crippen molar-refractivity contribution in [3.05, 3.63) is 217 Å². The molecule has 1 aliphatic heterocycles. The number of rotatable bonds is 7. The average Bonchev–Trinajstić information content (AvgIpc) is 3.51. The standard InChI is InChI=1S/C57H46N2Si/c1-57(2)52-36-39(28-31-47(52)48-32-29-44(37-53(48)57)58(40-18-9-5-10-19-40)41-20-11-6-12-21-41)46-34-35-51-49-33-30-45(38-55(49)60(3,4)54-27-17-26-50(46)56(51)54)59(42-22-13-7-14-23-42)43-24-15-8-16-25-43/h5-38H,1-4H3. The van der Waals surface area contributed by atoms with Gasteiger partial charge in [-0.05, 0) is 145 Å². The fourth-order valence-electron chi connectivity index (χ4n) is 10.2. The zero-order chi connectivity index (χ0) is 40.6. The molecule has 1 aliphatic carbocycles. The molecule has 288 valence electrons. The molecule has 3 heteroatoms. The number of hydrogen-bond donors (Lipinski definition) is 0. The summed E-state index contributed by atoms with van der Waals surface area (Å²) < 4.78 is 0. The maximum Gasteiger partial charge on any atom is 0.113 e. The second-order valence-electron chi connectivity index (χ2n) is 17.4. The molecule has 0 amide bonds. The zero-order valence-electron chi connectivity index (χ0n) is 34.5. The second-order valence-corrected chi connectivity index (χ2v) is 21.7. The molecular formula is C57H46N2Si. The van der Waals surface area contributed by atoms with Crippen LogP contribution in [0.2, 0.25) is 13.1 Å². The highest BCUT2D eigenvalue weighted by molar-refractivity contribution is 7.03. The number of fused-ring (bicyclic) bond motifs is 5. The summed E-state index contributed by atoms with van der Waals surface area (Å²) in [4.78, 5) is 4.76. The van der Waals surface area contributed by atoms with Gasteiger partial charge in [-0.2, -0.15) is 0 Å². The van der Waals surface area contributed by atoms with E-state index in [-0.39, 0.29) is 5.41 Å². The van der Waals surface area contributed by atoms with Crippen molar-refractivity contribution in [2.75, 3.05) is 9.80 Å². The molecular weight excluding hydrogens is 741 g/mol. The Hall–Kier alpha value is -6.94. The molecule has 0 radical (unpaired) electrons. The fraction of sp³-hybridized carbons (Fsp3) is 0.0877. The summed E-state index contributed by atoms with van der Waals surface area (Å²) in [5.74, 6) is 0. The van der Waals surface area contributed by atoms with Crippen LogP contribution in [-0.4, -0.2) is 8.07 Å². The van der Waals surface area contributed by atoms with Gasteiger partial charge in [0.05, 0.1) is 0 Å². The summed E-state index contributed by atoms with van der Waals surface area (Å²) in [5, 5.41) is 5.76. The first-order valence-electron chi connectivity index (χ1n) is 21.1. The van der Waals surface area contributed by atoms with Gasteiger partial charge in [0, 0.05) is 39.5 Å². The lowest BCUT2D eigenvalue weighted by molar-refractivity contribution is 0.660. The number of benzene rings is 9. The molecule has 0 bridgehead atoms. The van der Waals surface area contributed by atoms with Gasteiger partial charge in [-0.25, -0.2) is 0 Å². The quantitative estimate of drug-likeness (QED) is 0.149. The van der Waals surface area contributed by atoms with Crippen LogP contribution in [0.5, 0.6) is 0 Å². The number of anilines is 6. The SMILES string of the molecule is CC1(C)c2cc(-c3ccc4c5c(cccc35)[Si](C)(C)c3cc(N(c5ccccc5)c5ccccc5)ccc3-4)ccc2-c2ccc(N(c3ccccc3)c3ccccc3)cc21. The first-order valence-corrected chi connectivity index (χ1v) is 24.1. The Labute approximate surface area is 354 Å². The highest BCUT2D eigenvalue weighted by atomic mass is 28.3. The molecule has 60 heavy (non-hydrogen) atoms. The first-order chi connectivity index (χ1) is 29.3. The maximum absolute atomic E-state index is 2.54. The average molecular weight is 787 g/mol. The molecule has 0 atom stereocenters. The minimum Gasteiger partial charge on any atom is -0.311 e. The van der Waals surface area contributed by atoms with E-state index in [0.29, 0.717) is 0 Å². The molecule has 0 unspecified atom stereocenters. The second kappa shape index (κ2) is 13.8. The largest absolute Gasteiger partial charge is 0.311 e. The van der Waals surface area contributed by atoms with E-state index < -0.39 is 8.07 Å². The van der Waals surface area contributed by atoms with Crippen LogP contribution in [0.4, 0.5) is 34.1 Å². The predicted octanol–water partition coefficient (Wildman–Crippen LogP) is 14.6. The van der Waals surface area contributed by atoms with Gasteiger partial charge in [-0.15, -0.1) is 0 Å². The number of hydrogen-bond acceptors (Lipinski definition) is 2. The summed E-state index contributed by atoms with van der Waals surface area (Å²) in [6.07, 6.45) is 0. The monoisotopic (exact) mass is 786 g/mol. The molecule has 2 aliphatic rings. The molecule has 9 aromatic carbocycles. The van der Waals surface area contributed by atoms with Crippen molar-refractivity contribution >= 4 is 63.3 Å². The Morgan fingerprint density at radius 1 is 0.350 bits per heavy atom. The minimum atomic E-state index is -2.14. The van der Waals surface area contributed by atoms with Crippen molar-refractivity contribution in [2.45, 2.75) is 32.4 Å². The van der Waals surface area contributed by atoms with Gasteiger partial charge >= 0.3 is 0 Å². The third-order valence-corrected chi connectivity index (χ3v) is 16.7. The Balaban J connectivity index is 1.00. The Morgan fingerprint density at radius 3 is 1.35 bits per heavy atom. The highest BCUT2D eigenvalue weighted by Gasteiger charge is 2.38. The molecule has 0 saturated carbocycles. The van der Waals surface area contributed by atoms with Gasteiger partial charge < -0.3 is 9.80 Å². The van der Waals surface area contributed by atoms with Crippen molar-refractivity contribution < 1.29 is 0 Å². The lowest BCUT2D eigenvalue weighted by atomic mass is 9.81. The molecule has 9 aromatic rings. The maximum atomic E-state index is 2.54. The summed E-state index contributed by atoms with van der Waals surface area (Å²) in [5.41, 5.74) is 17.5. The third-order valence-electron chi connectivity index (χ3n) is 13.2. The number of nitrogens with zero attached hydrogens (tertiary/aromatic N) is 2. The van der Waals surface area contributed by atoms with Crippen LogP contribution in [0.1, 0.15) is 25.0 Å². The van der Waals surface area contributed by atoms with Gasteiger partial charge in [0.25, 0.3) is 0 Å². The molecule has 0 spiro atoms. The highest BCUT2D eigenvalue weighted by Crippen LogP contribution is 2.52. The van der Waals surface area contributed by atoms with Gasteiger partial charge in [-0.3, -0.25) is 0 Å². The van der Waals surface area contributed by atoms with Crippen molar-refractivity contribution in [1.82, 2.24) is 0 Å². The molecule has 0 saturated heterocycles. The van der Waals surface area contributed by atoms with Crippen molar-refractivity contribution in [3.8, 4) is 33.4 Å². The minimum absolute atomic E-state index is 0.180. The van der Waals surface area contributed by atoms with Crippen molar-refractivity contribution in [3.63, 3.8) is 0 Å². The van der Waals surface area contributed by atoms with E-state index in [9.17, 15) is 0 Å². The third kappa shape index (κ3) is 5.61. The molecule has 0 aromatic heterocycles. The van der Waals surface area contributed by atoms with E-state index >= 15 is 0 Å². The summed E-state index contributed by atoms with van der Waals surface area (Å²) in [7, 11) is -2.14. The summed E-state index contributed by atoms with van der Waals surface area (Å²) in [6, 6.07) is 76.2. The van der Waals surface area contributed by atoms with E-state index in [1.165, 1.54) is 77.0 Å². The van der Waals surface area contributed by atoms with Gasteiger partial charge in [0.1, 0.15) is 8.07 Å². The van der Waals surface area contributed by atoms with E-state index in [1.54, 1.807) is 0 Å². The van der Waals surface area contributed by atoms with Gasteiger partial charge in [0.15, 0.2) is 0 Å². The Kier molecular flexibility index (Phi) is 8.33. The van der Waals surface area contributed by atoms with Crippen LogP contribution in [0.15, 0.2) is 206 Å². The van der Waals surface area contributed by atoms with Crippen molar-refractivity contribution in [2.24, 2.45) is 0 Å². The van der Waals surface area contributed by atoms with Gasteiger partial charge in [0.2, 0.25) is 0 Å². The smallest absolute Gasteiger partial charge is 0.113 e. The predicted molar refractivity (Wildman–Crippen MR) is 258 cm³/mol. The zero-order valence-corrected chi connectivity index (χ0v) is 35.5. The Bertz CT molecular complexity index is 3000. The molecule has 0 fully saturated rings. The van der Waals surface area contributed by atoms with E-state index in [1.807, 2.05) is 0 Å². The van der Waals surface area contributed by atoms with Crippen LogP contribution in [0.25, 0.3) is 44.2 Å². The topological polar surface area (TPSA) is 6.48 Å². The van der Waals surface area contributed by atoms with Crippen LogP contribution >= 0.6 is 0 Å². The molecule has 0 N–H and O–H groups in total. The van der Waals surface area contributed by atoms with Crippen molar-refractivity contribution in [1.29, 1.82) is 0 Å². The van der Waals surface area contributed by atoms with Crippen LogP contribution in [-0.2, 0) is 5.41 Å². The molecule has 11 rings (SSSR count). The van der Waals surface area contributed by atoms with E-state index in [4.69, 9.17) is 0 Å². The molecule has 1 heterocycles. The van der Waals surface area contributed by atoms with Crippen LogP contribution < -0.4 is 20.2 Å². The lowest BCUT2D eigenvalue weighted by Gasteiger charge is -2.35. The lowest BCUT2D eigenvalue weighted by Crippen LogP contribution is -2.56. The Morgan fingerprint density at radius 2 is 0.800 bits per heavy atom. The van der Waals surface area contributed by atoms with Crippen LogP contribution in [0.3, 0.4) is 0 Å². The molecule has 2 nitrogen and oxygen atoms in total. The van der Waals surface area contributed by atoms with Gasteiger partial charge in [-0.1, -0.05) is 154 Å². The van der Waals surface area contributed by atoms with E-state index in [0.717, 1.165) is 22.7 Å². The fourth-order valence-corrected chi connectivity index (χ4v) is 13.3. The first kappa shape index (κ1) is 36.2.